The number of carbonyl (C=O) groups excluding carboxylic acids is 2. The van der Waals surface area contributed by atoms with Gasteiger partial charge in [-0.3, -0.25) is 9.59 Å². The second-order valence-corrected chi connectivity index (χ2v) is 4.99. The maximum Gasteiger partial charge on any atom is 0.313 e. The van der Waals surface area contributed by atoms with Crippen molar-refractivity contribution in [2.75, 3.05) is 13.2 Å². The summed E-state index contributed by atoms with van der Waals surface area (Å²) in [4.78, 5) is 22.8. The number of ether oxygens (including phenoxy) is 1. The van der Waals surface area contributed by atoms with E-state index in [1.165, 1.54) is 0 Å². The van der Waals surface area contributed by atoms with Crippen LogP contribution in [0.4, 0.5) is 0 Å². The molecule has 0 radical (unpaired) electrons. The van der Waals surface area contributed by atoms with Gasteiger partial charge in [-0.1, -0.05) is 23.8 Å². The van der Waals surface area contributed by atoms with Crippen molar-refractivity contribution in [1.29, 1.82) is 0 Å². The van der Waals surface area contributed by atoms with Gasteiger partial charge in [-0.05, 0) is 39.0 Å². The topological polar surface area (TPSA) is 83.8 Å². The molecule has 120 valence electrons. The van der Waals surface area contributed by atoms with Gasteiger partial charge in [-0.2, -0.15) is 0 Å². The third-order valence-electron chi connectivity index (χ3n) is 2.95. The van der Waals surface area contributed by atoms with Crippen molar-refractivity contribution in [2.45, 2.75) is 51.9 Å². The van der Waals surface area contributed by atoms with Crippen molar-refractivity contribution >= 4 is 11.9 Å². The van der Waals surface area contributed by atoms with Crippen LogP contribution in [-0.4, -0.2) is 35.4 Å². The van der Waals surface area contributed by atoms with Crippen LogP contribution >= 0.6 is 0 Å². The summed E-state index contributed by atoms with van der Waals surface area (Å²) in [6, 6.07) is 0. The molecule has 0 spiro atoms. The van der Waals surface area contributed by atoms with Gasteiger partial charge in [0.1, 0.15) is 0 Å². The summed E-state index contributed by atoms with van der Waals surface area (Å²) in [5.41, 5.74) is 1.90. The molecule has 5 nitrogen and oxygen atoms in total. The number of aliphatic hydroxyl groups excluding tert-OH is 2. The lowest BCUT2D eigenvalue weighted by atomic mass is 10.1. The van der Waals surface area contributed by atoms with E-state index < -0.39 is 11.9 Å². The molecule has 0 rings (SSSR count). The molecule has 0 unspecified atom stereocenters. The molecule has 0 heterocycles. The van der Waals surface area contributed by atoms with E-state index in [0.29, 0.717) is 32.1 Å². The number of rotatable bonds is 11. The smallest absolute Gasteiger partial charge is 0.313 e. The third kappa shape index (κ3) is 12.0. The first kappa shape index (κ1) is 19.5. The van der Waals surface area contributed by atoms with E-state index in [1.54, 1.807) is 0 Å². The Morgan fingerprint density at radius 1 is 1.00 bits per heavy atom. The molecule has 0 saturated heterocycles. The standard InChI is InChI=1S/C16H26O5/c1-13(9-11-17)5-3-7-15(19)21-16(20)8-4-6-14(2)10-12-18/h6,17-18H,1,3-5,7-12H2,2H3/b14-6+. The van der Waals surface area contributed by atoms with Crippen molar-refractivity contribution in [3.8, 4) is 0 Å². The molecule has 21 heavy (non-hydrogen) atoms. The summed E-state index contributed by atoms with van der Waals surface area (Å²) >= 11 is 0. The first-order chi connectivity index (χ1) is 9.99. The zero-order valence-electron chi connectivity index (χ0n) is 12.8. The maximum absolute atomic E-state index is 11.4. The largest absolute Gasteiger partial charge is 0.396 e. The fourth-order valence-electron chi connectivity index (χ4n) is 1.71. The van der Waals surface area contributed by atoms with Crippen LogP contribution in [0, 0.1) is 0 Å². The van der Waals surface area contributed by atoms with E-state index in [0.717, 1.165) is 11.1 Å². The first-order valence-corrected chi connectivity index (χ1v) is 7.27. The first-order valence-electron chi connectivity index (χ1n) is 7.27. The van der Waals surface area contributed by atoms with E-state index >= 15 is 0 Å². The molecule has 0 amide bonds. The predicted molar refractivity (Wildman–Crippen MR) is 80.5 cm³/mol. The molecule has 0 aliphatic carbocycles. The average molecular weight is 298 g/mol. The van der Waals surface area contributed by atoms with Crippen LogP contribution in [0.3, 0.4) is 0 Å². The van der Waals surface area contributed by atoms with Gasteiger partial charge in [0.05, 0.1) is 0 Å². The average Bonchev–Trinajstić information content (AvgIpc) is 2.39. The normalized spacial score (nSPS) is 11.3. The molecule has 0 aromatic carbocycles. The minimum atomic E-state index is -0.526. The number of aliphatic hydroxyl groups is 2. The molecule has 2 N–H and O–H groups in total. The molecule has 0 bridgehead atoms. The van der Waals surface area contributed by atoms with Gasteiger partial charge in [0.2, 0.25) is 0 Å². The number of hydrogen-bond donors (Lipinski definition) is 2. The van der Waals surface area contributed by atoms with Gasteiger partial charge in [0.15, 0.2) is 0 Å². The number of allylic oxidation sites excluding steroid dienone is 1. The zero-order valence-corrected chi connectivity index (χ0v) is 12.8. The van der Waals surface area contributed by atoms with Gasteiger partial charge in [0, 0.05) is 26.1 Å². The van der Waals surface area contributed by atoms with Crippen LogP contribution in [0.25, 0.3) is 0 Å². The summed E-state index contributed by atoms with van der Waals surface area (Å²) in [5.74, 6) is -1.05. The number of carbonyl (C=O) groups is 2. The Bertz CT molecular complexity index is 371. The van der Waals surface area contributed by atoms with Crippen LogP contribution in [0.1, 0.15) is 51.9 Å². The molecule has 0 saturated carbocycles. The SMILES string of the molecule is C=C(CCO)CCCC(=O)OC(=O)CC/C=C(\C)CCO. The lowest BCUT2D eigenvalue weighted by Crippen LogP contribution is -2.11. The minimum Gasteiger partial charge on any atom is -0.396 e. The van der Waals surface area contributed by atoms with E-state index in [2.05, 4.69) is 6.58 Å². The molecule has 0 aliphatic heterocycles. The Hall–Kier alpha value is -1.46. The second-order valence-electron chi connectivity index (χ2n) is 4.99. The van der Waals surface area contributed by atoms with Crippen molar-refractivity contribution in [1.82, 2.24) is 0 Å². The molecular formula is C16H26O5. The van der Waals surface area contributed by atoms with E-state index in [1.807, 2.05) is 13.0 Å². The molecule has 5 heteroatoms. The Morgan fingerprint density at radius 2 is 1.62 bits per heavy atom. The van der Waals surface area contributed by atoms with Gasteiger partial charge in [0.25, 0.3) is 0 Å². The monoisotopic (exact) mass is 298 g/mol. The van der Waals surface area contributed by atoms with Crippen molar-refractivity contribution in [3.63, 3.8) is 0 Å². The molecule has 0 fully saturated rings. The summed E-state index contributed by atoms with van der Waals surface area (Å²) < 4.78 is 4.70. The summed E-state index contributed by atoms with van der Waals surface area (Å²) in [6.45, 7) is 5.80. The molecule has 0 aromatic rings. The van der Waals surface area contributed by atoms with Crippen LogP contribution in [0.2, 0.25) is 0 Å². The Morgan fingerprint density at radius 3 is 2.24 bits per heavy atom. The van der Waals surface area contributed by atoms with Crippen LogP contribution in [0.15, 0.2) is 23.8 Å². The Kier molecular flexibility index (Phi) is 11.4. The lowest BCUT2D eigenvalue weighted by molar-refractivity contribution is -0.159. The van der Waals surface area contributed by atoms with Crippen LogP contribution in [0.5, 0.6) is 0 Å². The quantitative estimate of drug-likeness (QED) is 0.347. The highest BCUT2D eigenvalue weighted by Crippen LogP contribution is 2.10. The van der Waals surface area contributed by atoms with E-state index in [4.69, 9.17) is 14.9 Å². The summed E-state index contributed by atoms with van der Waals surface area (Å²) in [5, 5.41) is 17.4. The van der Waals surface area contributed by atoms with Crippen LogP contribution < -0.4 is 0 Å². The Balaban J connectivity index is 3.77. The highest BCUT2D eigenvalue weighted by atomic mass is 16.6. The Labute approximate surface area is 126 Å². The third-order valence-corrected chi connectivity index (χ3v) is 2.95. The van der Waals surface area contributed by atoms with Gasteiger partial charge in [-0.25, -0.2) is 0 Å². The number of hydrogen-bond acceptors (Lipinski definition) is 5. The second kappa shape index (κ2) is 12.3. The molecule has 0 atom stereocenters. The number of esters is 2. The van der Waals surface area contributed by atoms with Crippen molar-refractivity contribution in [3.05, 3.63) is 23.8 Å². The fourth-order valence-corrected chi connectivity index (χ4v) is 1.71. The highest BCUT2D eigenvalue weighted by molar-refractivity contribution is 5.85. The maximum atomic E-state index is 11.4. The lowest BCUT2D eigenvalue weighted by Gasteiger charge is -2.04. The zero-order chi connectivity index (χ0) is 16.1. The van der Waals surface area contributed by atoms with Gasteiger partial charge < -0.3 is 14.9 Å². The minimum absolute atomic E-state index is 0.0605. The molecular weight excluding hydrogens is 272 g/mol. The van der Waals surface area contributed by atoms with Crippen molar-refractivity contribution < 1.29 is 24.5 Å². The summed E-state index contributed by atoms with van der Waals surface area (Å²) in [7, 11) is 0. The van der Waals surface area contributed by atoms with Crippen molar-refractivity contribution in [2.24, 2.45) is 0 Å². The summed E-state index contributed by atoms with van der Waals surface area (Å²) in [6.07, 6.45) is 5.04. The predicted octanol–water partition coefficient (Wildman–Crippen LogP) is 2.27. The molecule has 0 aliphatic rings. The van der Waals surface area contributed by atoms with E-state index in [9.17, 15) is 9.59 Å². The highest BCUT2D eigenvalue weighted by Gasteiger charge is 2.09. The fraction of sp³-hybridized carbons (Fsp3) is 0.625. The van der Waals surface area contributed by atoms with Gasteiger partial charge >= 0.3 is 11.9 Å². The van der Waals surface area contributed by atoms with E-state index in [-0.39, 0.29) is 26.1 Å². The molecule has 0 aromatic heterocycles. The van der Waals surface area contributed by atoms with Gasteiger partial charge in [-0.15, -0.1) is 0 Å². The van der Waals surface area contributed by atoms with Crippen LogP contribution in [-0.2, 0) is 14.3 Å².